The first-order valence-corrected chi connectivity index (χ1v) is 18.4. The molecule has 0 fully saturated rings. The van der Waals surface area contributed by atoms with Gasteiger partial charge in [-0.1, -0.05) is 85.7 Å². The van der Waals surface area contributed by atoms with Crippen LogP contribution in [-0.2, 0) is 44.7 Å². The Kier molecular flexibility index (Phi) is 15.9. The van der Waals surface area contributed by atoms with Crippen molar-refractivity contribution in [3.05, 3.63) is 142 Å². The summed E-state index contributed by atoms with van der Waals surface area (Å²) in [7, 11) is 0. The van der Waals surface area contributed by atoms with Crippen molar-refractivity contribution in [3.63, 3.8) is 0 Å². The lowest BCUT2D eigenvalue weighted by Gasteiger charge is -2.28. The molecule has 55 heavy (non-hydrogen) atoms. The second-order valence-corrected chi connectivity index (χ2v) is 14.3. The molecule has 0 spiro atoms. The molecule has 4 aromatic rings. The van der Waals surface area contributed by atoms with Gasteiger partial charge in [-0.3, -0.25) is 0 Å². The summed E-state index contributed by atoms with van der Waals surface area (Å²) in [4.78, 5) is 0. The molecule has 296 valence electrons. The van der Waals surface area contributed by atoms with Crippen molar-refractivity contribution in [1.82, 2.24) is 0 Å². The molecule has 6 N–H and O–H groups in total. The first-order chi connectivity index (χ1) is 26.4. The smallest absolute Gasteiger partial charge is 0.130 e. The summed E-state index contributed by atoms with van der Waals surface area (Å²) in [5.74, 6) is 1.95. The number of ether oxygens (including phenoxy) is 4. The molecular weight excluding hydrogens is 700 g/mol. The van der Waals surface area contributed by atoms with Crippen molar-refractivity contribution in [1.29, 1.82) is 0 Å². The largest absolute Gasteiger partial charge is 0.490 e. The second-order valence-electron chi connectivity index (χ2n) is 14.3. The van der Waals surface area contributed by atoms with Crippen LogP contribution in [0, 0.1) is 13.8 Å². The lowest BCUT2D eigenvalue weighted by Crippen LogP contribution is -2.26. The third-order valence-electron chi connectivity index (χ3n) is 9.45. The van der Waals surface area contributed by atoms with Gasteiger partial charge in [0.05, 0.1) is 26.4 Å². The highest BCUT2D eigenvalue weighted by Gasteiger charge is 2.26. The van der Waals surface area contributed by atoms with Gasteiger partial charge < -0.3 is 49.6 Å². The minimum Gasteiger partial charge on any atom is -0.490 e. The van der Waals surface area contributed by atoms with Gasteiger partial charge >= 0.3 is 0 Å². The molecule has 2 atom stereocenters. The fraction of sp³-hybridized carbons (Fsp3) is 0.378. The van der Waals surface area contributed by atoms with Crippen molar-refractivity contribution >= 4 is 0 Å². The van der Waals surface area contributed by atoms with Crippen molar-refractivity contribution in [2.75, 3.05) is 26.4 Å². The highest BCUT2D eigenvalue weighted by molar-refractivity contribution is 5.49. The van der Waals surface area contributed by atoms with E-state index in [2.05, 4.69) is 39.1 Å². The Morgan fingerprint density at radius 2 is 0.855 bits per heavy atom. The lowest BCUT2D eigenvalue weighted by molar-refractivity contribution is 0.0606. The van der Waals surface area contributed by atoms with Crippen LogP contribution in [-0.4, -0.2) is 69.3 Å². The van der Waals surface area contributed by atoms with E-state index in [0.29, 0.717) is 58.1 Å². The predicted molar refractivity (Wildman–Crippen MR) is 213 cm³/mol. The van der Waals surface area contributed by atoms with Crippen LogP contribution >= 0.6 is 0 Å². The zero-order valence-electron chi connectivity index (χ0n) is 32.4. The number of rotatable bonds is 22. The van der Waals surface area contributed by atoms with Gasteiger partial charge in [-0.05, 0) is 61.1 Å². The molecule has 10 heteroatoms. The maximum absolute atomic E-state index is 10.7. The second kappa shape index (κ2) is 20.3. The molecule has 0 heterocycles. The fourth-order valence-electron chi connectivity index (χ4n) is 6.54. The summed E-state index contributed by atoms with van der Waals surface area (Å²) >= 11 is 0. The molecule has 2 unspecified atom stereocenters. The van der Waals surface area contributed by atoms with Crippen LogP contribution < -0.4 is 18.9 Å². The number of benzene rings is 4. The summed E-state index contributed by atoms with van der Waals surface area (Å²) in [5.41, 5.74) is 7.39. The van der Waals surface area contributed by atoms with Gasteiger partial charge in [0.2, 0.25) is 0 Å². The molecule has 4 aromatic carbocycles. The highest BCUT2D eigenvalue weighted by atomic mass is 16.5. The number of aryl methyl sites for hydroxylation is 2. The van der Waals surface area contributed by atoms with Crippen LogP contribution in [0.5, 0.6) is 23.0 Å². The molecule has 0 bridgehead atoms. The highest BCUT2D eigenvalue weighted by Crippen LogP contribution is 2.37. The van der Waals surface area contributed by atoms with Crippen LogP contribution in [0.1, 0.15) is 69.5 Å². The summed E-state index contributed by atoms with van der Waals surface area (Å²) in [6.45, 7) is 14.6. The Balaban J connectivity index is 1.43. The monoisotopic (exact) mass is 756 g/mol. The van der Waals surface area contributed by atoms with Crippen molar-refractivity contribution in [2.45, 2.75) is 84.6 Å². The predicted octanol–water partition coefficient (Wildman–Crippen LogP) is 5.69. The van der Waals surface area contributed by atoms with E-state index in [9.17, 15) is 30.6 Å². The zero-order chi connectivity index (χ0) is 40.1. The third-order valence-corrected chi connectivity index (χ3v) is 9.45. The molecule has 0 amide bonds. The van der Waals surface area contributed by atoms with E-state index in [1.807, 2.05) is 38.1 Å². The Hall–Kier alpha value is -4.68. The molecule has 0 aliphatic carbocycles. The van der Waals surface area contributed by atoms with E-state index in [1.165, 1.54) is 0 Å². The molecule has 0 aromatic heterocycles. The SMILES string of the molecule is C=CCc1cc(C(C)(C)c2ccc(OCC(O)COc3c(CO)cc(C)cc3CO)c(CC=C)c2)ccc1OCC(O)COc1c(CO)cc(C)cc1CO. The average molecular weight is 757 g/mol. The third kappa shape index (κ3) is 11.2. The van der Waals surface area contributed by atoms with Crippen LogP contribution in [0.3, 0.4) is 0 Å². The zero-order valence-corrected chi connectivity index (χ0v) is 32.4. The lowest BCUT2D eigenvalue weighted by atomic mass is 9.76. The van der Waals surface area contributed by atoms with E-state index in [4.69, 9.17) is 18.9 Å². The molecule has 0 aliphatic rings. The number of hydrogen-bond donors (Lipinski definition) is 6. The van der Waals surface area contributed by atoms with E-state index in [-0.39, 0.29) is 52.9 Å². The first-order valence-electron chi connectivity index (χ1n) is 18.4. The molecule has 0 saturated heterocycles. The summed E-state index contributed by atoms with van der Waals surface area (Å²) in [5, 5.41) is 60.6. The molecular formula is C45H56O10. The van der Waals surface area contributed by atoms with Gasteiger partial charge in [0, 0.05) is 27.7 Å². The van der Waals surface area contributed by atoms with Gasteiger partial charge in [-0.2, -0.15) is 0 Å². The Morgan fingerprint density at radius 1 is 0.527 bits per heavy atom. The Labute approximate surface area is 324 Å². The summed E-state index contributed by atoms with van der Waals surface area (Å²) < 4.78 is 23.8. The van der Waals surface area contributed by atoms with Crippen LogP contribution in [0.4, 0.5) is 0 Å². The molecule has 10 nitrogen and oxygen atoms in total. The van der Waals surface area contributed by atoms with Crippen LogP contribution in [0.2, 0.25) is 0 Å². The standard InChI is InChI=1S/C45H56O10/c1-7-9-31-19-37(11-13-41(31)52-25-39(50)27-54-43-33(21-46)15-29(3)16-34(43)22-47)45(5,6)38-12-14-42(32(20-38)10-8-2)53-26-40(51)28-55-44-35(23-48)17-30(4)18-36(44)24-49/h7-8,11-20,39-40,46-51H,1-2,9-10,21-28H2,3-6H3. The first kappa shape index (κ1) is 43.1. The average Bonchev–Trinajstić information content (AvgIpc) is 3.18. The number of hydrogen-bond acceptors (Lipinski definition) is 10. The van der Waals surface area contributed by atoms with Crippen LogP contribution in [0.15, 0.2) is 86.0 Å². The molecule has 0 aliphatic heterocycles. The minimum atomic E-state index is -0.976. The van der Waals surface area contributed by atoms with Gasteiger partial charge in [0.25, 0.3) is 0 Å². The van der Waals surface area contributed by atoms with Crippen molar-refractivity contribution in [3.8, 4) is 23.0 Å². The Bertz CT molecular complexity index is 1710. The number of aliphatic hydroxyl groups is 6. The molecule has 4 rings (SSSR count). The van der Waals surface area contributed by atoms with Gasteiger partial charge in [0.1, 0.15) is 61.6 Å². The van der Waals surface area contributed by atoms with Gasteiger partial charge in [-0.25, -0.2) is 0 Å². The fourth-order valence-corrected chi connectivity index (χ4v) is 6.54. The molecule has 0 radical (unpaired) electrons. The van der Waals surface area contributed by atoms with Crippen LogP contribution in [0.25, 0.3) is 0 Å². The van der Waals surface area contributed by atoms with E-state index in [1.54, 1.807) is 36.4 Å². The van der Waals surface area contributed by atoms with Gasteiger partial charge in [0.15, 0.2) is 0 Å². The van der Waals surface area contributed by atoms with Crippen molar-refractivity contribution in [2.24, 2.45) is 0 Å². The van der Waals surface area contributed by atoms with E-state index >= 15 is 0 Å². The van der Waals surface area contributed by atoms with Gasteiger partial charge in [-0.15, -0.1) is 13.2 Å². The maximum atomic E-state index is 10.7. The van der Waals surface area contributed by atoms with E-state index < -0.39 is 17.6 Å². The normalized spacial score (nSPS) is 12.5. The topological polar surface area (TPSA) is 158 Å². The van der Waals surface area contributed by atoms with E-state index in [0.717, 1.165) is 33.4 Å². The van der Waals surface area contributed by atoms with Crippen molar-refractivity contribution < 1.29 is 49.6 Å². The Morgan fingerprint density at radius 3 is 1.16 bits per heavy atom. The molecule has 0 saturated carbocycles. The summed E-state index contributed by atoms with van der Waals surface area (Å²) in [6, 6.07) is 19.1. The number of allylic oxidation sites excluding steroid dienone is 2. The summed E-state index contributed by atoms with van der Waals surface area (Å²) in [6.07, 6.45) is 2.74. The quantitative estimate of drug-likeness (QED) is 0.0551. The minimum absolute atomic E-state index is 0.0335. The maximum Gasteiger partial charge on any atom is 0.130 e. The number of aliphatic hydroxyl groups excluding tert-OH is 6.